The molecule has 0 aliphatic rings. The number of allylic oxidation sites excluding steroid dienone is 6. The smallest absolute Gasteiger partial charge is 0.306 e. The molecule has 0 fully saturated rings. The van der Waals surface area contributed by atoms with Gasteiger partial charge in [0, 0.05) is 19.3 Å². The molecule has 0 rings (SSSR count). The lowest BCUT2D eigenvalue weighted by Crippen LogP contribution is -2.30. The van der Waals surface area contributed by atoms with E-state index in [2.05, 4.69) is 57.2 Å². The Hall–Kier alpha value is -2.37. The van der Waals surface area contributed by atoms with E-state index in [-0.39, 0.29) is 31.1 Å². The zero-order valence-corrected chi connectivity index (χ0v) is 43.5. The molecule has 6 heteroatoms. The van der Waals surface area contributed by atoms with Crippen molar-refractivity contribution in [3.8, 4) is 0 Å². The van der Waals surface area contributed by atoms with Gasteiger partial charge in [-0.15, -0.1) is 0 Å². The number of carbonyl (C=O) groups is 3. The van der Waals surface area contributed by atoms with Gasteiger partial charge in [-0.1, -0.05) is 250 Å². The molecule has 0 aliphatic heterocycles. The van der Waals surface area contributed by atoms with Gasteiger partial charge in [-0.05, 0) is 70.6 Å². The van der Waals surface area contributed by atoms with Crippen LogP contribution < -0.4 is 0 Å². The first-order valence-electron chi connectivity index (χ1n) is 28.5. The average Bonchev–Trinajstić information content (AvgIpc) is 3.30. The van der Waals surface area contributed by atoms with Crippen LogP contribution in [0.25, 0.3) is 0 Å². The van der Waals surface area contributed by atoms with Gasteiger partial charge >= 0.3 is 17.9 Å². The quantitative estimate of drug-likeness (QED) is 0.0199. The van der Waals surface area contributed by atoms with Crippen molar-refractivity contribution in [1.29, 1.82) is 0 Å². The Morgan fingerprint density at radius 3 is 0.892 bits per heavy atom. The van der Waals surface area contributed by atoms with Crippen LogP contribution in [0.1, 0.15) is 303 Å². The summed E-state index contributed by atoms with van der Waals surface area (Å²) in [5.41, 5.74) is 0. The molecule has 0 heterocycles. The number of hydrogen-bond acceptors (Lipinski definition) is 6. The van der Waals surface area contributed by atoms with E-state index in [0.29, 0.717) is 19.3 Å². The Kier molecular flexibility index (Phi) is 52.3. The summed E-state index contributed by atoms with van der Waals surface area (Å²) in [6, 6.07) is 0. The van der Waals surface area contributed by atoms with Gasteiger partial charge in [0.1, 0.15) is 13.2 Å². The summed E-state index contributed by atoms with van der Waals surface area (Å²) in [6.07, 6.45) is 64.1. The van der Waals surface area contributed by atoms with E-state index in [1.807, 2.05) is 0 Å². The molecule has 0 aromatic rings. The zero-order chi connectivity index (χ0) is 47.2. The Balaban J connectivity index is 4.34. The first-order valence-corrected chi connectivity index (χ1v) is 28.5. The van der Waals surface area contributed by atoms with Crippen molar-refractivity contribution in [2.24, 2.45) is 0 Å². The number of ether oxygens (including phenoxy) is 3. The normalized spacial score (nSPS) is 12.2. The molecule has 1 unspecified atom stereocenters. The second-order valence-corrected chi connectivity index (χ2v) is 19.2. The van der Waals surface area contributed by atoms with Crippen LogP contribution in [0.5, 0.6) is 0 Å². The fourth-order valence-corrected chi connectivity index (χ4v) is 8.31. The Bertz CT molecular complexity index is 1090. The van der Waals surface area contributed by atoms with Crippen molar-refractivity contribution in [3.05, 3.63) is 36.5 Å². The summed E-state index contributed by atoms with van der Waals surface area (Å²) in [5.74, 6) is -0.876. The molecule has 0 amide bonds. The highest BCUT2D eigenvalue weighted by Gasteiger charge is 2.19. The molecule has 0 saturated carbocycles. The molecular weight excluding hydrogens is 805 g/mol. The van der Waals surface area contributed by atoms with Crippen molar-refractivity contribution in [2.75, 3.05) is 13.2 Å². The molecule has 0 aromatic heterocycles. The first-order chi connectivity index (χ1) is 32.0. The van der Waals surface area contributed by atoms with Crippen molar-refractivity contribution < 1.29 is 28.6 Å². The molecule has 380 valence electrons. The van der Waals surface area contributed by atoms with Crippen LogP contribution >= 0.6 is 0 Å². The van der Waals surface area contributed by atoms with Crippen LogP contribution in [0, 0.1) is 0 Å². The average molecular weight is 914 g/mol. The van der Waals surface area contributed by atoms with Gasteiger partial charge in [-0.3, -0.25) is 14.4 Å². The summed E-state index contributed by atoms with van der Waals surface area (Å²) >= 11 is 0. The van der Waals surface area contributed by atoms with Crippen LogP contribution in [0.2, 0.25) is 0 Å². The fraction of sp³-hybridized carbons (Fsp3) is 0.847. The monoisotopic (exact) mass is 913 g/mol. The molecule has 1 atom stereocenters. The van der Waals surface area contributed by atoms with Gasteiger partial charge in [0.15, 0.2) is 6.10 Å². The standard InChI is InChI=1S/C59H108O6/c1-4-7-10-13-16-19-22-25-27-28-29-30-32-34-37-40-43-46-49-52-58(61)64-55-56(54-63-57(60)51-48-45-42-39-36-33-24-21-18-15-12-9-6-3)65-59(62)53-50-47-44-41-38-35-31-26-23-20-17-14-11-8-5-2/h17,20,23,26,28-29,56H,4-16,18-19,21-22,24-25,27,30-55H2,1-3H3/b20-17-,26-23-,29-28-. The molecule has 0 spiro atoms. The maximum atomic E-state index is 12.8. The van der Waals surface area contributed by atoms with Gasteiger partial charge in [0.2, 0.25) is 0 Å². The molecular formula is C59H108O6. The summed E-state index contributed by atoms with van der Waals surface area (Å²) in [7, 11) is 0. The maximum absolute atomic E-state index is 12.8. The van der Waals surface area contributed by atoms with Crippen molar-refractivity contribution in [2.45, 2.75) is 309 Å². The van der Waals surface area contributed by atoms with E-state index in [1.54, 1.807) is 0 Å². The predicted octanol–water partition coefficient (Wildman–Crippen LogP) is 18.9. The minimum atomic E-state index is -0.777. The third-order valence-corrected chi connectivity index (χ3v) is 12.6. The fourth-order valence-electron chi connectivity index (χ4n) is 8.31. The summed E-state index contributed by atoms with van der Waals surface area (Å²) in [4.78, 5) is 38.1. The van der Waals surface area contributed by atoms with E-state index in [1.165, 1.54) is 199 Å². The lowest BCUT2D eigenvalue weighted by Gasteiger charge is -2.18. The summed E-state index contributed by atoms with van der Waals surface area (Å²) in [6.45, 7) is 6.63. The lowest BCUT2D eigenvalue weighted by molar-refractivity contribution is -0.167. The zero-order valence-electron chi connectivity index (χ0n) is 43.5. The SMILES string of the molecule is CCCCC/C=C\C=C/CCCCCCCCC(=O)OC(COC(=O)CCCCCCCCC/C=C\CCCCCCCCCC)COC(=O)CCCCCCCCCCCCCCC. The molecule has 0 bridgehead atoms. The highest BCUT2D eigenvalue weighted by molar-refractivity contribution is 5.71. The summed E-state index contributed by atoms with van der Waals surface area (Å²) < 4.78 is 16.9. The molecule has 0 aliphatic carbocycles. The Labute approximate surface area is 404 Å². The minimum absolute atomic E-state index is 0.0750. The first kappa shape index (κ1) is 62.6. The number of hydrogen-bond donors (Lipinski definition) is 0. The molecule has 65 heavy (non-hydrogen) atoms. The number of esters is 3. The third-order valence-electron chi connectivity index (χ3n) is 12.6. The Morgan fingerprint density at radius 2 is 0.554 bits per heavy atom. The summed E-state index contributed by atoms with van der Waals surface area (Å²) in [5, 5.41) is 0. The van der Waals surface area contributed by atoms with E-state index in [0.717, 1.165) is 64.2 Å². The minimum Gasteiger partial charge on any atom is -0.462 e. The maximum Gasteiger partial charge on any atom is 0.306 e. The highest BCUT2D eigenvalue weighted by Crippen LogP contribution is 2.16. The van der Waals surface area contributed by atoms with Gasteiger partial charge < -0.3 is 14.2 Å². The van der Waals surface area contributed by atoms with Crippen molar-refractivity contribution in [3.63, 3.8) is 0 Å². The van der Waals surface area contributed by atoms with Crippen LogP contribution in [0.15, 0.2) is 36.5 Å². The molecule has 0 aromatic carbocycles. The molecule has 0 N–H and O–H groups in total. The predicted molar refractivity (Wildman–Crippen MR) is 279 cm³/mol. The van der Waals surface area contributed by atoms with Crippen LogP contribution in [0.4, 0.5) is 0 Å². The van der Waals surface area contributed by atoms with Gasteiger partial charge in [0.05, 0.1) is 0 Å². The Morgan fingerprint density at radius 1 is 0.308 bits per heavy atom. The second kappa shape index (κ2) is 54.2. The van der Waals surface area contributed by atoms with E-state index < -0.39 is 6.10 Å². The largest absolute Gasteiger partial charge is 0.462 e. The van der Waals surface area contributed by atoms with Crippen molar-refractivity contribution >= 4 is 17.9 Å². The highest BCUT2D eigenvalue weighted by atomic mass is 16.6. The molecule has 6 nitrogen and oxygen atoms in total. The second-order valence-electron chi connectivity index (χ2n) is 19.2. The molecule has 0 saturated heterocycles. The molecule has 0 radical (unpaired) electrons. The number of carbonyl (C=O) groups excluding carboxylic acids is 3. The lowest BCUT2D eigenvalue weighted by atomic mass is 10.0. The van der Waals surface area contributed by atoms with E-state index >= 15 is 0 Å². The topological polar surface area (TPSA) is 78.9 Å². The van der Waals surface area contributed by atoms with E-state index in [4.69, 9.17) is 14.2 Å². The van der Waals surface area contributed by atoms with Gasteiger partial charge in [-0.2, -0.15) is 0 Å². The van der Waals surface area contributed by atoms with Crippen LogP contribution in [-0.4, -0.2) is 37.2 Å². The van der Waals surface area contributed by atoms with Gasteiger partial charge in [-0.25, -0.2) is 0 Å². The van der Waals surface area contributed by atoms with Crippen molar-refractivity contribution in [1.82, 2.24) is 0 Å². The van der Waals surface area contributed by atoms with Crippen LogP contribution in [0.3, 0.4) is 0 Å². The van der Waals surface area contributed by atoms with E-state index in [9.17, 15) is 14.4 Å². The van der Waals surface area contributed by atoms with Gasteiger partial charge in [0.25, 0.3) is 0 Å². The third kappa shape index (κ3) is 52.5. The number of unbranched alkanes of at least 4 members (excludes halogenated alkanes) is 36. The number of rotatable bonds is 52. The van der Waals surface area contributed by atoms with Crippen LogP contribution in [-0.2, 0) is 28.6 Å².